The maximum absolute atomic E-state index is 6.31. The first-order valence-corrected chi connectivity index (χ1v) is 7.32. The maximum atomic E-state index is 6.31. The standard InChI is InChI=1S/C15H21ClN4/c1-3-12(11-8-6-5-7-9-11)14(19-17)15-13(16)10-18-20(15)4-2/h5-10,12,14,19H,3-4,17H2,1-2H3. The monoisotopic (exact) mass is 292 g/mol. The van der Waals surface area contributed by atoms with Gasteiger partial charge in [0.2, 0.25) is 0 Å². The smallest absolute Gasteiger partial charge is 0.0834 e. The summed E-state index contributed by atoms with van der Waals surface area (Å²) in [6.07, 6.45) is 2.65. The molecule has 2 rings (SSSR count). The highest BCUT2D eigenvalue weighted by Crippen LogP contribution is 2.36. The summed E-state index contributed by atoms with van der Waals surface area (Å²) in [6, 6.07) is 10.3. The molecule has 0 aliphatic rings. The van der Waals surface area contributed by atoms with E-state index < -0.39 is 0 Å². The van der Waals surface area contributed by atoms with Gasteiger partial charge in [-0.15, -0.1) is 0 Å². The Labute approximate surface area is 124 Å². The number of aromatic nitrogens is 2. The number of nitrogens with two attached hydrogens (primary N) is 1. The van der Waals surface area contributed by atoms with Gasteiger partial charge in [-0.25, -0.2) is 0 Å². The Morgan fingerprint density at radius 3 is 2.55 bits per heavy atom. The summed E-state index contributed by atoms with van der Waals surface area (Å²) in [7, 11) is 0. The van der Waals surface area contributed by atoms with Crippen molar-refractivity contribution in [1.29, 1.82) is 0 Å². The van der Waals surface area contributed by atoms with Crippen molar-refractivity contribution in [2.75, 3.05) is 0 Å². The molecule has 1 aromatic carbocycles. The van der Waals surface area contributed by atoms with Gasteiger partial charge in [-0.1, -0.05) is 48.9 Å². The van der Waals surface area contributed by atoms with E-state index in [9.17, 15) is 0 Å². The number of hydrazine groups is 1. The molecule has 2 atom stereocenters. The van der Waals surface area contributed by atoms with E-state index in [2.05, 4.69) is 29.6 Å². The average molecular weight is 293 g/mol. The van der Waals surface area contributed by atoms with Gasteiger partial charge in [0.05, 0.1) is 23.0 Å². The first-order valence-electron chi connectivity index (χ1n) is 6.95. The van der Waals surface area contributed by atoms with Crippen LogP contribution in [0.15, 0.2) is 36.5 Å². The number of hydrogen-bond acceptors (Lipinski definition) is 3. The molecule has 20 heavy (non-hydrogen) atoms. The fourth-order valence-electron chi connectivity index (χ4n) is 2.68. The molecular formula is C15H21ClN4. The molecule has 0 aliphatic carbocycles. The summed E-state index contributed by atoms with van der Waals surface area (Å²) < 4.78 is 1.90. The van der Waals surface area contributed by atoms with E-state index in [1.807, 2.05) is 29.8 Å². The molecule has 0 spiro atoms. The minimum atomic E-state index is -0.0580. The molecule has 3 N–H and O–H groups in total. The molecule has 0 saturated carbocycles. The molecule has 5 heteroatoms. The number of rotatable bonds is 6. The lowest BCUT2D eigenvalue weighted by molar-refractivity contribution is 0.412. The molecule has 1 heterocycles. The normalized spacial score (nSPS) is 14.2. The minimum absolute atomic E-state index is 0.0580. The summed E-state index contributed by atoms with van der Waals surface area (Å²) in [5.74, 6) is 6.07. The molecule has 0 aliphatic heterocycles. The first-order chi connectivity index (χ1) is 9.72. The van der Waals surface area contributed by atoms with E-state index in [1.54, 1.807) is 6.20 Å². The minimum Gasteiger partial charge on any atom is -0.271 e. The molecule has 4 nitrogen and oxygen atoms in total. The predicted molar refractivity (Wildman–Crippen MR) is 82.4 cm³/mol. The van der Waals surface area contributed by atoms with Crippen molar-refractivity contribution in [3.8, 4) is 0 Å². The predicted octanol–water partition coefficient (Wildman–Crippen LogP) is 3.25. The van der Waals surface area contributed by atoms with Gasteiger partial charge in [-0.3, -0.25) is 16.0 Å². The average Bonchev–Trinajstić information content (AvgIpc) is 2.86. The van der Waals surface area contributed by atoms with Gasteiger partial charge in [-0.2, -0.15) is 5.10 Å². The molecule has 0 radical (unpaired) electrons. The molecule has 108 valence electrons. The van der Waals surface area contributed by atoms with Crippen LogP contribution >= 0.6 is 11.6 Å². The highest BCUT2D eigenvalue weighted by molar-refractivity contribution is 6.31. The quantitative estimate of drug-likeness (QED) is 0.635. The fraction of sp³-hybridized carbons (Fsp3) is 0.400. The lowest BCUT2D eigenvalue weighted by atomic mass is 9.87. The zero-order valence-electron chi connectivity index (χ0n) is 11.9. The van der Waals surface area contributed by atoms with Crippen LogP contribution in [0.5, 0.6) is 0 Å². The maximum Gasteiger partial charge on any atom is 0.0834 e. The van der Waals surface area contributed by atoms with Gasteiger partial charge >= 0.3 is 0 Å². The Morgan fingerprint density at radius 2 is 2.00 bits per heavy atom. The lowest BCUT2D eigenvalue weighted by Gasteiger charge is -2.27. The molecule has 2 aromatic rings. The summed E-state index contributed by atoms with van der Waals surface area (Å²) >= 11 is 6.31. The van der Waals surface area contributed by atoms with Crippen molar-refractivity contribution >= 4 is 11.6 Å². The van der Waals surface area contributed by atoms with Gasteiger partial charge in [0, 0.05) is 12.5 Å². The first kappa shape index (κ1) is 15.0. The van der Waals surface area contributed by atoms with E-state index in [-0.39, 0.29) is 12.0 Å². The van der Waals surface area contributed by atoms with Gasteiger partial charge in [0.1, 0.15) is 0 Å². The molecule has 1 aromatic heterocycles. The van der Waals surface area contributed by atoms with Crippen LogP contribution in [0.1, 0.15) is 43.5 Å². The largest absolute Gasteiger partial charge is 0.271 e. The highest BCUT2D eigenvalue weighted by atomic mass is 35.5. The zero-order valence-corrected chi connectivity index (χ0v) is 12.6. The van der Waals surface area contributed by atoms with E-state index in [4.69, 9.17) is 17.4 Å². The zero-order chi connectivity index (χ0) is 14.5. The van der Waals surface area contributed by atoms with Crippen molar-refractivity contribution in [3.05, 3.63) is 52.8 Å². The molecule has 0 fully saturated rings. The third-order valence-electron chi connectivity index (χ3n) is 3.68. The van der Waals surface area contributed by atoms with Crippen LogP contribution in [0.25, 0.3) is 0 Å². The van der Waals surface area contributed by atoms with Crippen LogP contribution in [0, 0.1) is 0 Å². The second kappa shape index (κ2) is 6.88. The second-order valence-corrected chi connectivity index (χ2v) is 5.17. The number of benzene rings is 1. The molecule has 2 unspecified atom stereocenters. The highest BCUT2D eigenvalue weighted by Gasteiger charge is 2.27. The summed E-state index contributed by atoms with van der Waals surface area (Å²) in [4.78, 5) is 0. The van der Waals surface area contributed by atoms with Gasteiger partial charge < -0.3 is 0 Å². The van der Waals surface area contributed by atoms with Crippen molar-refractivity contribution in [3.63, 3.8) is 0 Å². The van der Waals surface area contributed by atoms with Crippen molar-refractivity contribution in [2.45, 2.75) is 38.8 Å². The van der Waals surface area contributed by atoms with Crippen LogP contribution in [0.4, 0.5) is 0 Å². The Balaban J connectivity index is 2.42. The number of nitrogens with zero attached hydrogens (tertiary/aromatic N) is 2. The summed E-state index contributed by atoms with van der Waals surface area (Å²) in [5, 5.41) is 4.96. The topological polar surface area (TPSA) is 55.9 Å². The Hall–Kier alpha value is -1.36. The molecule has 0 amide bonds. The van der Waals surface area contributed by atoms with E-state index in [1.165, 1.54) is 5.56 Å². The van der Waals surface area contributed by atoms with E-state index in [0.29, 0.717) is 5.02 Å². The van der Waals surface area contributed by atoms with Crippen LogP contribution in [-0.2, 0) is 6.54 Å². The third kappa shape index (κ3) is 2.87. The van der Waals surface area contributed by atoms with Crippen molar-refractivity contribution < 1.29 is 0 Å². The Bertz CT molecular complexity index is 538. The van der Waals surface area contributed by atoms with Crippen molar-refractivity contribution in [1.82, 2.24) is 15.2 Å². The summed E-state index contributed by atoms with van der Waals surface area (Å²) in [5.41, 5.74) is 5.12. The number of halogens is 1. The van der Waals surface area contributed by atoms with Crippen LogP contribution in [0.2, 0.25) is 5.02 Å². The van der Waals surface area contributed by atoms with E-state index in [0.717, 1.165) is 18.7 Å². The third-order valence-corrected chi connectivity index (χ3v) is 3.97. The Kier molecular flexibility index (Phi) is 5.17. The molecule has 0 bridgehead atoms. The van der Waals surface area contributed by atoms with E-state index >= 15 is 0 Å². The van der Waals surface area contributed by atoms with Crippen molar-refractivity contribution in [2.24, 2.45) is 5.84 Å². The molecule has 0 saturated heterocycles. The van der Waals surface area contributed by atoms with Crippen LogP contribution in [0.3, 0.4) is 0 Å². The van der Waals surface area contributed by atoms with Gasteiger partial charge in [0.25, 0.3) is 0 Å². The number of nitrogens with one attached hydrogen (secondary N) is 1. The lowest BCUT2D eigenvalue weighted by Crippen LogP contribution is -2.34. The van der Waals surface area contributed by atoms with Crippen LogP contribution < -0.4 is 11.3 Å². The van der Waals surface area contributed by atoms with Crippen LogP contribution in [-0.4, -0.2) is 9.78 Å². The Morgan fingerprint density at radius 1 is 1.30 bits per heavy atom. The SMILES string of the molecule is CCC(c1ccccc1)C(NN)c1c(Cl)cnn1CC. The number of hydrogen-bond donors (Lipinski definition) is 2. The second-order valence-electron chi connectivity index (χ2n) is 4.76. The number of aryl methyl sites for hydroxylation is 1. The van der Waals surface area contributed by atoms with Gasteiger partial charge in [-0.05, 0) is 18.9 Å². The molecular weight excluding hydrogens is 272 g/mol. The van der Waals surface area contributed by atoms with Gasteiger partial charge in [0.15, 0.2) is 0 Å². The summed E-state index contributed by atoms with van der Waals surface area (Å²) in [6.45, 7) is 4.97. The fourth-order valence-corrected chi connectivity index (χ4v) is 2.94.